The Morgan fingerprint density at radius 2 is 2.32 bits per heavy atom. The summed E-state index contributed by atoms with van der Waals surface area (Å²) in [6.07, 6.45) is 9.24. The van der Waals surface area contributed by atoms with Gasteiger partial charge in [-0.05, 0) is 31.0 Å². The smallest absolute Gasteiger partial charge is 0.254 e. The Kier molecular flexibility index (Phi) is 5.38. The molecular weight excluding hydrogens is 318 g/mol. The van der Waals surface area contributed by atoms with E-state index in [2.05, 4.69) is 16.1 Å². The van der Waals surface area contributed by atoms with Crippen molar-refractivity contribution >= 4 is 5.91 Å². The molecule has 132 valence electrons. The van der Waals surface area contributed by atoms with E-state index < -0.39 is 0 Å². The van der Waals surface area contributed by atoms with Crippen LogP contribution in [0.2, 0.25) is 0 Å². The second-order valence-electron chi connectivity index (χ2n) is 6.02. The molecule has 0 spiro atoms. The van der Waals surface area contributed by atoms with Gasteiger partial charge in [0.05, 0.1) is 19.5 Å². The standard InChI is InChI=1S/C19H23N3O3/c1-3-11-25-17-7-6-15(12-18(17)24-2)19(23)21-9-4-5-16(13-21)22-10-8-20-14-22/h3,6-8,10,12,14,16H,1,4-5,9,11,13H2,2H3/t16-/m0/s1. The second kappa shape index (κ2) is 7.88. The van der Waals surface area contributed by atoms with E-state index in [1.165, 1.54) is 0 Å². The summed E-state index contributed by atoms with van der Waals surface area (Å²) < 4.78 is 13.0. The summed E-state index contributed by atoms with van der Waals surface area (Å²) in [5.74, 6) is 1.17. The molecule has 1 saturated heterocycles. The van der Waals surface area contributed by atoms with E-state index >= 15 is 0 Å². The van der Waals surface area contributed by atoms with Crippen molar-refractivity contribution in [1.29, 1.82) is 0 Å². The van der Waals surface area contributed by atoms with Crippen LogP contribution in [0.3, 0.4) is 0 Å². The van der Waals surface area contributed by atoms with Crippen molar-refractivity contribution in [3.05, 3.63) is 55.1 Å². The van der Waals surface area contributed by atoms with E-state index in [9.17, 15) is 4.79 Å². The van der Waals surface area contributed by atoms with Crippen LogP contribution in [-0.2, 0) is 0 Å². The Morgan fingerprint density at radius 3 is 3.04 bits per heavy atom. The maximum absolute atomic E-state index is 12.9. The number of imidazole rings is 1. The van der Waals surface area contributed by atoms with Crippen LogP contribution in [0.4, 0.5) is 0 Å². The number of piperidine rings is 1. The topological polar surface area (TPSA) is 56.6 Å². The van der Waals surface area contributed by atoms with Crippen LogP contribution in [0, 0.1) is 0 Å². The van der Waals surface area contributed by atoms with Crippen LogP contribution in [0.15, 0.2) is 49.6 Å². The fourth-order valence-corrected chi connectivity index (χ4v) is 3.12. The van der Waals surface area contributed by atoms with E-state index in [4.69, 9.17) is 9.47 Å². The number of benzene rings is 1. The molecule has 1 aromatic heterocycles. The summed E-state index contributed by atoms with van der Waals surface area (Å²) in [5.41, 5.74) is 0.606. The number of likely N-dealkylation sites (tertiary alicyclic amines) is 1. The molecule has 0 aliphatic carbocycles. The Bertz CT molecular complexity index is 728. The highest BCUT2D eigenvalue weighted by Crippen LogP contribution is 2.29. The van der Waals surface area contributed by atoms with E-state index in [-0.39, 0.29) is 11.9 Å². The maximum atomic E-state index is 12.9. The molecule has 6 nitrogen and oxygen atoms in total. The van der Waals surface area contributed by atoms with Crippen LogP contribution >= 0.6 is 0 Å². The molecule has 0 saturated carbocycles. The molecule has 6 heteroatoms. The Morgan fingerprint density at radius 1 is 1.44 bits per heavy atom. The van der Waals surface area contributed by atoms with Gasteiger partial charge in [-0.15, -0.1) is 0 Å². The first kappa shape index (κ1) is 17.1. The van der Waals surface area contributed by atoms with E-state index in [0.29, 0.717) is 30.2 Å². The van der Waals surface area contributed by atoms with Crippen molar-refractivity contribution in [1.82, 2.24) is 14.5 Å². The molecule has 0 unspecified atom stereocenters. The number of amides is 1. The zero-order chi connectivity index (χ0) is 17.6. The number of methoxy groups -OCH3 is 1. The molecule has 1 aromatic carbocycles. The molecule has 1 fully saturated rings. The van der Waals surface area contributed by atoms with Gasteiger partial charge in [0.1, 0.15) is 6.61 Å². The average molecular weight is 341 g/mol. The van der Waals surface area contributed by atoms with Crippen LogP contribution < -0.4 is 9.47 Å². The lowest BCUT2D eigenvalue weighted by atomic mass is 10.0. The van der Waals surface area contributed by atoms with Gasteiger partial charge < -0.3 is 18.9 Å². The Labute approximate surface area is 147 Å². The Hall–Kier alpha value is -2.76. The van der Waals surface area contributed by atoms with Gasteiger partial charge in [-0.2, -0.15) is 0 Å². The van der Waals surface area contributed by atoms with Crippen molar-refractivity contribution < 1.29 is 14.3 Å². The van der Waals surface area contributed by atoms with E-state index in [1.54, 1.807) is 37.6 Å². The molecule has 25 heavy (non-hydrogen) atoms. The van der Waals surface area contributed by atoms with Crippen LogP contribution in [0.1, 0.15) is 29.2 Å². The number of carbonyl (C=O) groups excluding carboxylic acids is 1. The highest BCUT2D eigenvalue weighted by atomic mass is 16.5. The van der Waals surface area contributed by atoms with Crippen molar-refractivity contribution in [3.63, 3.8) is 0 Å². The van der Waals surface area contributed by atoms with Crippen molar-refractivity contribution in [2.75, 3.05) is 26.8 Å². The van der Waals surface area contributed by atoms with Crippen LogP contribution in [-0.4, -0.2) is 47.2 Å². The third-order valence-corrected chi connectivity index (χ3v) is 4.40. The zero-order valence-electron chi connectivity index (χ0n) is 14.4. The van der Waals surface area contributed by atoms with Gasteiger partial charge in [-0.25, -0.2) is 4.98 Å². The molecule has 1 aliphatic heterocycles. The number of aromatic nitrogens is 2. The number of hydrogen-bond donors (Lipinski definition) is 0. The first-order valence-corrected chi connectivity index (χ1v) is 8.41. The zero-order valence-corrected chi connectivity index (χ0v) is 14.4. The Balaban J connectivity index is 1.74. The summed E-state index contributed by atoms with van der Waals surface area (Å²) in [6.45, 7) is 5.48. The number of carbonyl (C=O) groups is 1. The van der Waals surface area contributed by atoms with Crippen LogP contribution in [0.25, 0.3) is 0 Å². The summed E-state index contributed by atoms with van der Waals surface area (Å²) in [6, 6.07) is 5.57. The largest absolute Gasteiger partial charge is 0.493 e. The molecule has 0 N–H and O–H groups in total. The third kappa shape index (κ3) is 3.84. The fraction of sp³-hybridized carbons (Fsp3) is 0.368. The highest BCUT2D eigenvalue weighted by molar-refractivity contribution is 5.95. The molecule has 3 rings (SSSR count). The fourth-order valence-electron chi connectivity index (χ4n) is 3.12. The number of hydrogen-bond acceptors (Lipinski definition) is 4. The SMILES string of the molecule is C=CCOc1ccc(C(=O)N2CCC[C@H](n3ccnc3)C2)cc1OC. The summed E-state index contributed by atoms with van der Waals surface area (Å²) in [5, 5.41) is 0. The molecule has 1 atom stereocenters. The first-order chi connectivity index (χ1) is 12.2. The van der Waals surface area contributed by atoms with E-state index in [1.807, 2.05) is 17.4 Å². The molecule has 2 heterocycles. The molecule has 1 amide bonds. The molecule has 1 aliphatic rings. The van der Waals surface area contributed by atoms with Gasteiger partial charge >= 0.3 is 0 Å². The quantitative estimate of drug-likeness (QED) is 0.758. The predicted octanol–water partition coefficient (Wildman–Crippen LogP) is 2.93. The van der Waals surface area contributed by atoms with Gasteiger partial charge in [-0.1, -0.05) is 12.7 Å². The molecule has 0 bridgehead atoms. The minimum atomic E-state index is 0.0124. The molecular formula is C19H23N3O3. The van der Waals surface area contributed by atoms with Gasteiger partial charge in [0.15, 0.2) is 11.5 Å². The second-order valence-corrected chi connectivity index (χ2v) is 6.02. The van der Waals surface area contributed by atoms with E-state index in [0.717, 1.165) is 19.4 Å². The van der Waals surface area contributed by atoms with Gasteiger partial charge in [0.2, 0.25) is 0 Å². The lowest BCUT2D eigenvalue weighted by Gasteiger charge is -2.33. The minimum Gasteiger partial charge on any atom is -0.493 e. The number of rotatable bonds is 6. The minimum absolute atomic E-state index is 0.0124. The van der Waals surface area contributed by atoms with Crippen molar-refractivity contribution in [2.45, 2.75) is 18.9 Å². The summed E-state index contributed by atoms with van der Waals surface area (Å²) >= 11 is 0. The number of nitrogens with zero attached hydrogens (tertiary/aromatic N) is 3. The molecule has 0 radical (unpaired) electrons. The maximum Gasteiger partial charge on any atom is 0.254 e. The first-order valence-electron chi connectivity index (χ1n) is 8.41. The van der Waals surface area contributed by atoms with Gasteiger partial charge in [0.25, 0.3) is 5.91 Å². The third-order valence-electron chi connectivity index (χ3n) is 4.40. The monoisotopic (exact) mass is 341 g/mol. The van der Waals surface area contributed by atoms with Gasteiger partial charge in [-0.3, -0.25) is 4.79 Å². The van der Waals surface area contributed by atoms with Crippen molar-refractivity contribution in [2.24, 2.45) is 0 Å². The summed E-state index contributed by atoms with van der Waals surface area (Å²) in [4.78, 5) is 18.9. The number of ether oxygens (including phenoxy) is 2. The lowest BCUT2D eigenvalue weighted by Crippen LogP contribution is -2.40. The molecule has 2 aromatic rings. The highest BCUT2D eigenvalue weighted by Gasteiger charge is 2.25. The summed E-state index contributed by atoms with van der Waals surface area (Å²) in [7, 11) is 1.57. The van der Waals surface area contributed by atoms with Crippen LogP contribution in [0.5, 0.6) is 11.5 Å². The average Bonchev–Trinajstić information content (AvgIpc) is 3.20. The predicted molar refractivity (Wildman–Crippen MR) is 95.1 cm³/mol. The van der Waals surface area contributed by atoms with Crippen molar-refractivity contribution in [3.8, 4) is 11.5 Å². The van der Waals surface area contributed by atoms with Gasteiger partial charge in [0, 0.05) is 31.0 Å². The normalized spacial score (nSPS) is 17.2. The lowest BCUT2D eigenvalue weighted by molar-refractivity contribution is 0.0679.